The molecule has 2 heterocycles. The van der Waals surface area contributed by atoms with Gasteiger partial charge in [0.1, 0.15) is 5.82 Å². The minimum absolute atomic E-state index is 0.196. The van der Waals surface area contributed by atoms with Gasteiger partial charge in [-0.1, -0.05) is 12.1 Å². The summed E-state index contributed by atoms with van der Waals surface area (Å²) in [5, 5.41) is 7.95. The van der Waals surface area contributed by atoms with Gasteiger partial charge in [0.25, 0.3) is 0 Å². The standard InChI is InChI=1S/C15H18FN3/c1-19-15(12-6-2-3-7-13(12)16)9-14(18-19)11-5-4-8-17-10-11/h2-3,6-7,9,11,17H,4-5,8,10H2,1H3. The Morgan fingerprint density at radius 3 is 2.95 bits per heavy atom. The molecule has 3 nitrogen and oxygen atoms in total. The van der Waals surface area contributed by atoms with Crippen molar-refractivity contribution in [2.45, 2.75) is 18.8 Å². The van der Waals surface area contributed by atoms with Crippen LogP contribution in [0.1, 0.15) is 24.5 Å². The molecule has 1 aliphatic heterocycles. The topological polar surface area (TPSA) is 29.9 Å². The zero-order valence-corrected chi connectivity index (χ0v) is 11.1. The van der Waals surface area contributed by atoms with E-state index in [9.17, 15) is 4.39 Å². The molecule has 4 heteroatoms. The Bertz CT molecular complexity index is 571. The lowest BCUT2D eigenvalue weighted by atomic mass is 9.96. The van der Waals surface area contributed by atoms with E-state index in [2.05, 4.69) is 10.4 Å². The maximum Gasteiger partial charge on any atom is 0.132 e. The molecule has 1 saturated heterocycles. The van der Waals surface area contributed by atoms with E-state index in [0.29, 0.717) is 11.5 Å². The van der Waals surface area contributed by atoms with Crippen molar-refractivity contribution in [1.29, 1.82) is 0 Å². The van der Waals surface area contributed by atoms with Crippen LogP contribution in [-0.4, -0.2) is 22.9 Å². The number of piperidine rings is 1. The van der Waals surface area contributed by atoms with Gasteiger partial charge in [-0.2, -0.15) is 5.10 Å². The third-order valence-electron chi connectivity index (χ3n) is 3.76. The third kappa shape index (κ3) is 2.40. The van der Waals surface area contributed by atoms with Gasteiger partial charge in [0.05, 0.1) is 11.4 Å². The Balaban J connectivity index is 1.95. The molecule has 19 heavy (non-hydrogen) atoms. The summed E-state index contributed by atoms with van der Waals surface area (Å²) >= 11 is 0. The van der Waals surface area contributed by atoms with E-state index in [0.717, 1.165) is 30.9 Å². The molecule has 1 aromatic heterocycles. The summed E-state index contributed by atoms with van der Waals surface area (Å²) in [5.41, 5.74) is 2.53. The van der Waals surface area contributed by atoms with Crippen LogP contribution in [0.15, 0.2) is 30.3 Å². The highest BCUT2D eigenvalue weighted by Gasteiger charge is 2.20. The fraction of sp³-hybridized carbons (Fsp3) is 0.400. The van der Waals surface area contributed by atoms with Crippen LogP contribution in [-0.2, 0) is 7.05 Å². The van der Waals surface area contributed by atoms with Crippen molar-refractivity contribution in [3.05, 3.63) is 41.8 Å². The van der Waals surface area contributed by atoms with E-state index >= 15 is 0 Å². The van der Waals surface area contributed by atoms with E-state index in [1.165, 1.54) is 12.5 Å². The zero-order chi connectivity index (χ0) is 13.2. The van der Waals surface area contributed by atoms with E-state index in [1.54, 1.807) is 16.8 Å². The van der Waals surface area contributed by atoms with Gasteiger partial charge in [-0.3, -0.25) is 4.68 Å². The molecule has 0 radical (unpaired) electrons. The Kier molecular flexibility index (Phi) is 3.34. The third-order valence-corrected chi connectivity index (χ3v) is 3.76. The summed E-state index contributed by atoms with van der Waals surface area (Å²) in [6.07, 6.45) is 2.33. The molecule has 1 aliphatic rings. The highest BCUT2D eigenvalue weighted by Crippen LogP contribution is 2.28. The van der Waals surface area contributed by atoms with Crippen LogP contribution in [0, 0.1) is 5.82 Å². The van der Waals surface area contributed by atoms with Gasteiger partial charge in [0.15, 0.2) is 0 Å². The average molecular weight is 259 g/mol. The molecule has 0 saturated carbocycles. The molecular weight excluding hydrogens is 241 g/mol. The van der Waals surface area contributed by atoms with Crippen molar-refractivity contribution < 1.29 is 4.39 Å². The van der Waals surface area contributed by atoms with Gasteiger partial charge in [-0.05, 0) is 37.6 Å². The summed E-state index contributed by atoms with van der Waals surface area (Å²) in [6, 6.07) is 8.88. The van der Waals surface area contributed by atoms with Gasteiger partial charge in [-0.15, -0.1) is 0 Å². The number of aryl methyl sites for hydroxylation is 1. The average Bonchev–Trinajstić information content (AvgIpc) is 2.82. The predicted octanol–water partition coefficient (Wildman–Crippen LogP) is 2.69. The zero-order valence-electron chi connectivity index (χ0n) is 11.1. The fourth-order valence-electron chi connectivity index (χ4n) is 2.71. The number of hydrogen-bond acceptors (Lipinski definition) is 2. The SMILES string of the molecule is Cn1nc(C2CCCNC2)cc1-c1ccccc1F. The number of rotatable bonds is 2. The Morgan fingerprint density at radius 2 is 2.21 bits per heavy atom. The molecule has 0 spiro atoms. The molecule has 1 unspecified atom stereocenters. The molecule has 0 bridgehead atoms. The maximum absolute atomic E-state index is 13.9. The number of nitrogens with zero attached hydrogens (tertiary/aromatic N) is 2. The molecule has 2 aromatic rings. The second kappa shape index (κ2) is 5.13. The Hall–Kier alpha value is -1.68. The molecular formula is C15H18FN3. The second-order valence-corrected chi connectivity index (χ2v) is 5.10. The molecule has 1 N–H and O–H groups in total. The van der Waals surface area contributed by atoms with E-state index < -0.39 is 0 Å². The number of halogens is 1. The first-order chi connectivity index (χ1) is 9.25. The van der Waals surface area contributed by atoms with Crippen LogP contribution < -0.4 is 5.32 Å². The maximum atomic E-state index is 13.9. The summed E-state index contributed by atoms with van der Waals surface area (Å²) < 4.78 is 15.6. The van der Waals surface area contributed by atoms with Crippen LogP contribution >= 0.6 is 0 Å². The lowest BCUT2D eigenvalue weighted by molar-refractivity contribution is 0.451. The van der Waals surface area contributed by atoms with Crippen LogP contribution in [0.2, 0.25) is 0 Å². The van der Waals surface area contributed by atoms with Crippen LogP contribution in [0.4, 0.5) is 4.39 Å². The van der Waals surface area contributed by atoms with Gasteiger partial charge in [0.2, 0.25) is 0 Å². The quantitative estimate of drug-likeness (QED) is 0.898. The Morgan fingerprint density at radius 1 is 1.37 bits per heavy atom. The molecule has 100 valence electrons. The minimum atomic E-state index is -0.196. The van der Waals surface area contributed by atoms with E-state index in [1.807, 2.05) is 19.2 Å². The molecule has 0 aliphatic carbocycles. The van der Waals surface area contributed by atoms with Crippen molar-refractivity contribution in [2.24, 2.45) is 7.05 Å². The van der Waals surface area contributed by atoms with Crippen molar-refractivity contribution in [3.63, 3.8) is 0 Å². The smallest absolute Gasteiger partial charge is 0.132 e. The van der Waals surface area contributed by atoms with E-state index in [4.69, 9.17) is 0 Å². The largest absolute Gasteiger partial charge is 0.316 e. The van der Waals surface area contributed by atoms with Crippen molar-refractivity contribution >= 4 is 0 Å². The number of aromatic nitrogens is 2. The second-order valence-electron chi connectivity index (χ2n) is 5.10. The summed E-state index contributed by atoms with van der Waals surface area (Å²) in [4.78, 5) is 0. The van der Waals surface area contributed by atoms with Crippen LogP contribution in [0.25, 0.3) is 11.3 Å². The van der Waals surface area contributed by atoms with Gasteiger partial charge in [-0.25, -0.2) is 4.39 Å². The Labute approximate surface area is 112 Å². The predicted molar refractivity (Wildman–Crippen MR) is 73.4 cm³/mol. The molecule has 1 aromatic carbocycles. The molecule has 3 rings (SSSR count). The number of hydrogen-bond donors (Lipinski definition) is 1. The van der Waals surface area contributed by atoms with Crippen molar-refractivity contribution in [2.75, 3.05) is 13.1 Å². The van der Waals surface area contributed by atoms with Gasteiger partial charge < -0.3 is 5.32 Å². The van der Waals surface area contributed by atoms with Crippen molar-refractivity contribution in [3.8, 4) is 11.3 Å². The molecule has 0 amide bonds. The monoisotopic (exact) mass is 259 g/mol. The van der Waals surface area contributed by atoms with Crippen LogP contribution in [0.3, 0.4) is 0 Å². The van der Waals surface area contributed by atoms with Crippen molar-refractivity contribution in [1.82, 2.24) is 15.1 Å². The van der Waals surface area contributed by atoms with Crippen LogP contribution in [0.5, 0.6) is 0 Å². The lowest BCUT2D eigenvalue weighted by Gasteiger charge is -2.20. The highest BCUT2D eigenvalue weighted by atomic mass is 19.1. The first-order valence-electron chi connectivity index (χ1n) is 6.75. The normalized spacial score (nSPS) is 19.6. The molecule has 1 fully saturated rings. The minimum Gasteiger partial charge on any atom is -0.316 e. The highest BCUT2D eigenvalue weighted by molar-refractivity contribution is 5.60. The van der Waals surface area contributed by atoms with E-state index in [-0.39, 0.29) is 5.82 Å². The van der Waals surface area contributed by atoms with Gasteiger partial charge >= 0.3 is 0 Å². The summed E-state index contributed by atoms with van der Waals surface area (Å²) in [7, 11) is 1.88. The molecule has 1 atom stereocenters. The van der Waals surface area contributed by atoms with Gasteiger partial charge in [0, 0.05) is 25.1 Å². The summed E-state index contributed by atoms with van der Waals surface area (Å²) in [6.45, 7) is 2.05. The number of benzene rings is 1. The number of nitrogens with one attached hydrogen (secondary N) is 1. The lowest BCUT2D eigenvalue weighted by Crippen LogP contribution is -2.28. The first kappa shape index (κ1) is 12.4. The first-order valence-corrected chi connectivity index (χ1v) is 6.75. The fourth-order valence-corrected chi connectivity index (χ4v) is 2.71. The summed E-state index contributed by atoms with van der Waals surface area (Å²) in [5.74, 6) is 0.249.